The van der Waals surface area contributed by atoms with Crippen LogP contribution < -0.4 is 5.32 Å². The van der Waals surface area contributed by atoms with Gasteiger partial charge in [0, 0.05) is 40.9 Å². The lowest BCUT2D eigenvalue weighted by Crippen LogP contribution is -2.19. The standard InChI is InChI=1S/C20H26Cl3N3O2/c1-14-16(11-24-8-4-9-27-13-15-5-3-10-28-15)20(23)26(25-14)12-17-18(21)6-2-7-19(17)22/h2,6-7,15,24H,3-5,8-13H2,1H3. The Morgan fingerprint density at radius 3 is 2.75 bits per heavy atom. The van der Waals surface area contributed by atoms with Gasteiger partial charge in [0.25, 0.3) is 0 Å². The van der Waals surface area contributed by atoms with Gasteiger partial charge in [-0.3, -0.25) is 0 Å². The van der Waals surface area contributed by atoms with Gasteiger partial charge in [-0.05, 0) is 44.9 Å². The summed E-state index contributed by atoms with van der Waals surface area (Å²) in [5.41, 5.74) is 2.71. The van der Waals surface area contributed by atoms with Crippen LogP contribution in [0.15, 0.2) is 18.2 Å². The number of aryl methyl sites for hydroxylation is 1. The zero-order chi connectivity index (χ0) is 19.9. The predicted octanol–water partition coefficient (Wildman–Crippen LogP) is 4.88. The molecule has 5 nitrogen and oxygen atoms in total. The Morgan fingerprint density at radius 2 is 2.04 bits per heavy atom. The molecule has 1 unspecified atom stereocenters. The molecule has 0 radical (unpaired) electrons. The smallest absolute Gasteiger partial charge is 0.132 e. The van der Waals surface area contributed by atoms with Crippen molar-refractivity contribution in [2.45, 2.75) is 45.4 Å². The molecule has 2 heterocycles. The van der Waals surface area contributed by atoms with Crippen LogP contribution >= 0.6 is 34.8 Å². The third-order valence-electron chi connectivity index (χ3n) is 4.82. The molecule has 0 amide bonds. The van der Waals surface area contributed by atoms with Crippen molar-refractivity contribution in [2.75, 3.05) is 26.4 Å². The van der Waals surface area contributed by atoms with Crippen LogP contribution in [0.5, 0.6) is 0 Å². The maximum absolute atomic E-state index is 6.56. The second kappa shape index (κ2) is 10.8. The van der Waals surface area contributed by atoms with E-state index in [1.54, 1.807) is 4.68 Å². The van der Waals surface area contributed by atoms with Gasteiger partial charge >= 0.3 is 0 Å². The van der Waals surface area contributed by atoms with E-state index in [1.165, 1.54) is 0 Å². The Morgan fingerprint density at radius 1 is 1.25 bits per heavy atom. The van der Waals surface area contributed by atoms with Gasteiger partial charge in [0.2, 0.25) is 0 Å². The second-order valence-electron chi connectivity index (χ2n) is 6.95. The highest BCUT2D eigenvalue weighted by atomic mass is 35.5. The predicted molar refractivity (Wildman–Crippen MR) is 114 cm³/mol. The molecule has 0 bridgehead atoms. The van der Waals surface area contributed by atoms with E-state index < -0.39 is 0 Å². The van der Waals surface area contributed by atoms with Crippen molar-refractivity contribution in [3.05, 3.63) is 50.2 Å². The molecule has 1 atom stereocenters. The number of halogens is 3. The third kappa shape index (κ3) is 5.85. The largest absolute Gasteiger partial charge is 0.379 e. The van der Waals surface area contributed by atoms with E-state index in [2.05, 4.69) is 10.4 Å². The average molecular weight is 447 g/mol. The van der Waals surface area contributed by atoms with E-state index in [1.807, 2.05) is 25.1 Å². The number of hydrogen-bond donors (Lipinski definition) is 1. The van der Waals surface area contributed by atoms with Gasteiger partial charge in [-0.2, -0.15) is 5.10 Å². The van der Waals surface area contributed by atoms with Crippen LogP contribution in [0, 0.1) is 6.92 Å². The van der Waals surface area contributed by atoms with Crippen molar-refractivity contribution in [3.8, 4) is 0 Å². The molecule has 1 aliphatic heterocycles. The zero-order valence-corrected chi connectivity index (χ0v) is 18.3. The Labute approximate surface area is 181 Å². The summed E-state index contributed by atoms with van der Waals surface area (Å²) in [6.07, 6.45) is 3.48. The summed E-state index contributed by atoms with van der Waals surface area (Å²) < 4.78 is 13.0. The summed E-state index contributed by atoms with van der Waals surface area (Å²) in [6.45, 7) is 6.20. The summed E-state index contributed by atoms with van der Waals surface area (Å²) in [4.78, 5) is 0. The van der Waals surface area contributed by atoms with E-state index in [-0.39, 0.29) is 6.10 Å². The fraction of sp³-hybridized carbons (Fsp3) is 0.550. The van der Waals surface area contributed by atoms with E-state index in [9.17, 15) is 0 Å². The van der Waals surface area contributed by atoms with Crippen LogP contribution in [0.25, 0.3) is 0 Å². The van der Waals surface area contributed by atoms with Crippen LogP contribution in [0.3, 0.4) is 0 Å². The fourth-order valence-electron chi connectivity index (χ4n) is 3.23. The molecule has 1 N–H and O–H groups in total. The molecular weight excluding hydrogens is 421 g/mol. The normalized spacial score (nSPS) is 16.8. The minimum atomic E-state index is 0.284. The summed E-state index contributed by atoms with van der Waals surface area (Å²) in [6, 6.07) is 5.46. The van der Waals surface area contributed by atoms with Gasteiger partial charge in [0.15, 0.2) is 0 Å². The minimum Gasteiger partial charge on any atom is -0.379 e. The summed E-state index contributed by atoms with van der Waals surface area (Å²) in [7, 11) is 0. The van der Waals surface area contributed by atoms with Crippen LogP contribution in [0.2, 0.25) is 15.2 Å². The second-order valence-corrected chi connectivity index (χ2v) is 8.13. The molecule has 0 saturated carbocycles. The zero-order valence-electron chi connectivity index (χ0n) is 16.0. The maximum atomic E-state index is 6.56. The molecule has 1 aromatic carbocycles. The average Bonchev–Trinajstić information content (AvgIpc) is 3.27. The van der Waals surface area contributed by atoms with Crippen LogP contribution in [0.4, 0.5) is 0 Å². The maximum Gasteiger partial charge on any atom is 0.132 e. The minimum absolute atomic E-state index is 0.284. The summed E-state index contributed by atoms with van der Waals surface area (Å²) in [5, 5.41) is 9.79. The molecule has 28 heavy (non-hydrogen) atoms. The first-order valence-electron chi connectivity index (χ1n) is 9.61. The Bertz CT molecular complexity index is 756. The molecule has 2 aromatic rings. The SMILES string of the molecule is Cc1nn(Cc2c(Cl)cccc2Cl)c(Cl)c1CNCCCOCC1CCCO1. The molecular formula is C20H26Cl3N3O2. The van der Waals surface area contributed by atoms with Gasteiger partial charge in [-0.1, -0.05) is 40.9 Å². The Balaban J connectivity index is 1.44. The molecule has 1 aliphatic rings. The lowest BCUT2D eigenvalue weighted by atomic mass is 10.2. The first kappa shape index (κ1) is 21.9. The highest BCUT2D eigenvalue weighted by Crippen LogP contribution is 2.27. The van der Waals surface area contributed by atoms with Crippen molar-refractivity contribution in [1.82, 2.24) is 15.1 Å². The van der Waals surface area contributed by atoms with Crippen LogP contribution in [-0.4, -0.2) is 42.2 Å². The number of aromatic nitrogens is 2. The van der Waals surface area contributed by atoms with E-state index in [0.29, 0.717) is 34.9 Å². The lowest BCUT2D eigenvalue weighted by Gasteiger charge is -2.10. The van der Waals surface area contributed by atoms with Crippen molar-refractivity contribution < 1.29 is 9.47 Å². The highest BCUT2D eigenvalue weighted by Gasteiger charge is 2.16. The summed E-state index contributed by atoms with van der Waals surface area (Å²) in [5.74, 6) is 0. The number of nitrogens with one attached hydrogen (secondary N) is 1. The van der Waals surface area contributed by atoms with Gasteiger partial charge in [-0.25, -0.2) is 4.68 Å². The monoisotopic (exact) mass is 445 g/mol. The van der Waals surface area contributed by atoms with E-state index in [0.717, 1.165) is 55.8 Å². The molecule has 3 rings (SSSR count). The number of ether oxygens (including phenoxy) is 2. The quantitative estimate of drug-likeness (QED) is 0.529. The number of nitrogens with zero attached hydrogens (tertiary/aromatic N) is 2. The fourth-order valence-corrected chi connectivity index (χ4v) is 4.05. The Kier molecular flexibility index (Phi) is 8.45. The molecule has 154 valence electrons. The number of benzene rings is 1. The van der Waals surface area contributed by atoms with E-state index >= 15 is 0 Å². The van der Waals surface area contributed by atoms with Crippen molar-refractivity contribution in [2.24, 2.45) is 0 Å². The first-order valence-corrected chi connectivity index (χ1v) is 10.7. The van der Waals surface area contributed by atoms with Crippen LogP contribution in [0.1, 0.15) is 36.1 Å². The van der Waals surface area contributed by atoms with Gasteiger partial charge in [0.1, 0.15) is 5.15 Å². The molecule has 1 aromatic heterocycles. The summed E-state index contributed by atoms with van der Waals surface area (Å²) >= 11 is 19.1. The van der Waals surface area contributed by atoms with Crippen molar-refractivity contribution in [1.29, 1.82) is 0 Å². The molecule has 8 heteroatoms. The van der Waals surface area contributed by atoms with Gasteiger partial charge < -0.3 is 14.8 Å². The molecule has 1 saturated heterocycles. The topological polar surface area (TPSA) is 48.3 Å². The highest BCUT2D eigenvalue weighted by molar-refractivity contribution is 6.36. The van der Waals surface area contributed by atoms with Crippen LogP contribution in [-0.2, 0) is 22.6 Å². The van der Waals surface area contributed by atoms with Crippen molar-refractivity contribution in [3.63, 3.8) is 0 Å². The lowest BCUT2D eigenvalue weighted by molar-refractivity contribution is 0.0166. The van der Waals surface area contributed by atoms with Gasteiger partial charge in [-0.15, -0.1) is 0 Å². The molecule has 0 aliphatic carbocycles. The number of rotatable bonds is 10. The Hall–Kier alpha value is -0.820. The van der Waals surface area contributed by atoms with Gasteiger partial charge in [0.05, 0.1) is 24.9 Å². The number of hydrogen-bond acceptors (Lipinski definition) is 4. The first-order chi connectivity index (χ1) is 13.6. The third-order valence-corrected chi connectivity index (χ3v) is 5.96. The van der Waals surface area contributed by atoms with Crippen molar-refractivity contribution >= 4 is 34.8 Å². The molecule has 1 fully saturated rings. The van der Waals surface area contributed by atoms with E-state index in [4.69, 9.17) is 44.3 Å². The molecule has 0 spiro atoms.